The number of aryl methyl sites for hydroxylation is 1. The first-order valence-corrected chi connectivity index (χ1v) is 8.50. The lowest BCUT2D eigenvalue weighted by Crippen LogP contribution is -2.51. The van der Waals surface area contributed by atoms with Crippen LogP contribution in [0.4, 0.5) is 0 Å². The average Bonchev–Trinajstić information content (AvgIpc) is 3.08. The lowest BCUT2D eigenvalue weighted by atomic mass is 10.2. The molecule has 6 nitrogen and oxygen atoms in total. The molecule has 0 N–H and O–H groups in total. The zero-order valence-electron chi connectivity index (χ0n) is 14.4. The van der Waals surface area contributed by atoms with Gasteiger partial charge < -0.3 is 14.2 Å². The second kappa shape index (κ2) is 7.98. The number of nitrogens with zero attached hydrogens (tertiary/aromatic N) is 3. The minimum atomic E-state index is -0.437. The SMILES string of the molecule is Cn1cccc1C(=O)C(=O)N1CCN(CCOc2ccccc2)CC1. The first-order valence-electron chi connectivity index (χ1n) is 8.50. The van der Waals surface area contributed by atoms with Gasteiger partial charge in [0.05, 0.1) is 5.69 Å². The molecule has 0 atom stereocenters. The zero-order valence-corrected chi connectivity index (χ0v) is 14.4. The lowest BCUT2D eigenvalue weighted by Gasteiger charge is -2.34. The molecular formula is C19H23N3O3. The van der Waals surface area contributed by atoms with Gasteiger partial charge in [-0.15, -0.1) is 0 Å². The Morgan fingerprint density at radius 3 is 2.36 bits per heavy atom. The van der Waals surface area contributed by atoms with Gasteiger partial charge in [-0.25, -0.2) is 0 Å². The quantitative estimate of drug-likeness (QED) is 0.589. The number of Topliss-reactive ketones (excluding diaryl/α,β-unsaturated/α-hetero) is 1. The van der Waals surface area contributed by atoms with E-state index in [2.05, 4.69) is 4.90 Å². The molecule has 2 aromatic rings. The van der Waals surface area contributed by atoms with Gasteiger partial charge in [0.25, 0.3) is 11.7 Å². The molecule has 25 heavy (non-hydrogen) atoms. The molecule has 1 saturated heterocycles. The van der Waals surface area contributed by atoms with E-state index in [4.69, 9.17) is 4.74 Å². The van der Waals surface area contributed by atoms with Gasteiger partial charge >= 0.3 is 0 Å². The van der Waals surface area contributed by atoms with E-state index in [1.54, 1.807) is 34.8 Å². The van der Waals surface area contributed by atoms with Gasteiger partial charge in [-0.05, 0) is 24.3 Å². The van der Waals surface area contributed by atoms with Gasteiger partial charge in [-0.1, -0.05) is 18.2 Å². The van der Waals surface area contributed by atoms with Gasteiger partial charge in [-0.3, -0.25) is 14.5 Å². The number of ether oxygens (including phenoxy) is 1. The van der Waals surface area contributed by atoms with Crippen molar-refractivity contribution in [2.75, 3.05) is 39.3 Å². The summed E-state index contributed by atoms with van der Waals surface area (Å²) in [6, 6.07) is 13.2. The van der Waals surface area contributed by atoms with Crippen molar-refractivity contribution in [3.63, 3.8) is 0 Å². The molecule has 0 aliphatic carbocycles. The molecule has 0 bridgehead atoms. The summed E-state index contributed by atoms with van der Waals surface area (Å²) in [6.07, 6.45) is 1.77. The number of hydrogen-bond acceptors (Lipinski definition) is 4. The summed E-state index contributed by atoms with van der Waals surface area (Å²) in [5.74, 6) is 0.0137. The summed E-state index contributed by atoms with van der Waals surface area (Å²) in [4.78, 5) is 28.6. The van der Waals surface area contributed by atoms with E-state index >= 15 is 0 Å². The molecule has 132 valence electrons. The zero-order chi connectivity index (χ0) is 17.6. The monoisotopic (exact) mass is 341 g/mol. The van der Waals surface area contributed by atoms with Crippen LogP contribution >= 0.6 is 0 Å². The Morgan fingerprint density at radius 1 is 1.00 bits per heavy atom. The highest BCUT2D eigenvalue weighted by Gasteiger charge is 2.27. The second-order valence-electron chi connectivity index (χ2n) is 6.13. The smallest absolute Gasteiger partial charge is 0.296 e. The van der Waals surface area contributed by atoms with E-state index in [1.165, 1.54) is 0 Å². The van der Waals surface area contributed by atoms with Crippen molar-refractivity contribution < 1.29 is 14.3 Å². The minimum absolute atomic E-state index is 0.415. The molecule has 3 rings (SSSR count). The Kier molecular flexibility index (Phi) is 5.50. The number of piperazine rings is 1. The van der Waals surface area contributed by atoms with E-state index in [9.17, 15) is 9.59 Å². The molecule has 6 heteroatoms. The summed E-state index contributed by atoms with van der Waals surface area (Å²) in [5, 5.41) is 0. The minimum Gasteiger partial charge on any atom is -0.492 e. The van der Waals surface area contributed by atoms with E-state index in [1.807, 2.05) is 30.3 Å². The largest absolute Gasteiger partial charge is 0.492 e. The van der Waals surface area contributed by atoms with Gasteiger partial charge in [0, 0.05) is 46.0 Å². The van der Waals surface area contributed by atoms with Crippen LogP contribution in [0, 0.1) is 0 Å². The average molecular weight is 341 g/mol. The summed E-state index contributed by atoms with van der Waals surface area (Å²) < 4.78 is 7.38. The number of ketones is 1. The highest BCUT2D eigenvalue weighted by atomic mass is 16.5. The van der Waals surface area contributed by atoms with Gasteiger partial charge in [0.2, 0.25) is 0 Å². The Hall–Kier alpha value is -2.60. The number of para-hydroxylation sites is 1. The number of amides is 1. The number of carbonyl (C=O) groups excluding carboxylic acids is 2. The van der Waals surface area contributed by atoms with E-state index in [-0.39, 0.29) is 0 Å². The number of carbonyl (C=O) groups is 2. The van der Waals surface area contributed by atoms with Crippen molar-refractivity contribution in [1.29, 1.82) is 0 Å². The molecule has 0 radical (unpaired) electrons. The summed E-state index contributed by atoms with van der Waals surface area (Å²) >= 11 is 0. The Morgan fingerprint density at radius 2 is 1.72 bits per heavy atom. The van der Waals surface area contributed by atoms with Crippen molar-refractivity contribution in [2.24, 2.45) is 7.05 Å². The summed E-state index contributed by atoms with van der Waals surface area (Å²) in [5.41, 5.74) is 0.434. The number of rotatable bonds is 6. The molecular weight excluding hydrogens is 318 g/mol. The lowest BCUT2D eigenvalue weighted by molar-refractivity contribution is -0.128. The fourth-order valence-electron chi connectivity index (χ4n) is 2.93. The third-order valence-corrected chi connectivity index (χ3v) is 4.45. The fraction of sp³-hybridized carbons (Fsp3) is 0.368. The maximum absolute atomic E-state index is 12.4. The molecule has 0 saturated carbocycles. The molecule has 0 unspecified atom stereocenters. The molecule has 1 amide bonds. The number of benzene rings is 1. The molecule has 2 heterocycles. The van der Waals surface area contributed by atoms with Crippen LogP contribution < -0.4 is 4.74 Å². The maximum atomic E-state index is 12.4. The van der Waals surface area contributed by atoms with Crippen LogP contribution in [0.2, 0.25) is 0 Å². The van der Waals surface area contributed by atoms with E-state index in [0.717, 1.165) is 25.4 Å². The first-order chi connectivity index (χ1) is 12.1. The van der Waals surface area contributed by atoms with Crippen molar-refractivity contribution in [3.05, 3.63) is 54.4 Å². The van der Waals surface area contributed by atoms with Crippen LogP contribution in [0.1, 0.15) is 10.5 Å². The number of hydrogen-bond donors (Lipinski definition) is 0. The van der Waals surface area contributed by atoms with Crippen molar-refractivity contribution in [2.45, 2.75) is 0 Å². The van der Waals surface area contributed by atoms with Crippen LogP contribution in [-0.4, -0.2) is 65.4 Å². The van der Waals surface area contributed by atoms with E-state index in [0.29, 0.717) is 25.4 Å². The van der Waals surface area contributed by atoms with Crippen LogP contribution in [0.5, 0.6) is 5.75 Å². The van der Waals surface area contributed by atoms with Crippen LogP contribution in [0.3, 0.4) is 0 Å². The Labute approximate surface area is 147 Å². The molecule has 1 aliphatic rings. The predicted molar refractivity (Wildman–Crippen MR) is 94.7 cm³/mol. The standard InChI is InChI=1S/C19H23N3O3/c1-20-9-5-8-17(20)18(23)19(24)22-12-10-21(11-13-22)14-15-25-16-6-3-2-4-7-16/h2-9H,10-15H2,1H3. The predicted octanol–water partition coefficient (Wildman–Crippen LogP) is 1.43. The normalized spacial score (nSPS) is 15.2. The van der Waals surface area contributed by atoms with Crippen molar-refractivity contribution in [3.8, 4) is 5.75 Å². The Balaban J connectivity index is 1.43. The van der Waals surface area contributed by atoms with Gasteiger partial charge in [-0.2, -0.15) is 0 Å². The topological polar surface area (TPSA) is 54.8 Å². The van der Waals surface area contributed by atoms with Crippen LogP contribution in [0.15, 0.2) is 48.7 Å². The van der Waals surface area contributed by atoms with E-state index < -0.39 is 11.7 Å². The van der Waals surface area contributed by atoms with Crippen molar-refractivity contribution in [1.82, 2.24) is 14.4 Å². The Bertz CT molecular complexity index is 719. The summed E-state index contributed by atoms with van der Waals surface area (Å²) in [7, 11) is 1.77. The van der Waals surface area contributed by atoms with Gasteiger partial charge in [0.15, 0.2) is 0 Å². The third-order valence-electron chi connectivity index (χ3n) is 4.45. The highest BCUT2D eigenvalue weighted by Crippen LogP contribution is 2.10. The molecule has 1 aliphatic heterocycles. The molecule has 1 fully saturated rings. The highest BCUT2D eigenvalue weighted by molar-refractivity contribution is 6.42. The first kappa shape index (κ1) is 17.2. The van der Waals surface area contributed by atoms with Crippen LogP contribution in [0.25, 0.3) is 0 Å². The molecule has 0 spiro atoms. The number of aromatic nitrogens is 1. The van der Waals surface area contributed by atoms with Crippen LogP contribution in [-0.2, 0) is 11.8 Å². The summed E-state index contributed by atoms with van der Waals surface area (Å²) in [6.45, 7) is 4.07. The van der Waals surface area contributed by atoms with Gasteiger partial charge in [0.1, 0.15) is 12.4 Å². The third kappa shape index (κ3) is 4.28. The maximum Gasteiger partial charge on any atom is 0.296 e. The molecule has 1 aromatic heterocycles. The van der Waals surface area contributed by atoms with Crippen molar-refractivity contribution >= 4 is 11.7 Å². The molecule has 1 aromatic carbocycles. The fourth-order valence-corrected chi connectivity index (χ4v) is 2.93. The second-order valence-corrected chi connectivity index (χ2v) is 6.13.